The van der Waals surface area contributed by atoms with Gasteiger partial charge in [-0.3, -0.25) is 0 Å². The molecule has 1 aliphatic carbocycles. The first-order valence-electron chi connectivity index (χ1n) is 4.75. The molecule has 0 spiro atoms. The van der Waals surface area contributed by atoms with Crippen molar-refractivity contribution in [3.63, 3.8) is 0 Å². The van der Waals surface area contributed by atoms with E-state index in [4.69, 9.17) is 0 Å². The van der Waals surface area contributed by atoms with Gasteiger partial charge in [-0.05, 0) is 30.5 Å². The Hall–Kier alpha value is -1.61. The number of carbonyl (C=O) groups excluding carboxylic acids is 1. The second-order valence-electron chi connectivity index (χ2n) is 3.83. The van der Waals surface area contributed by atoms with Gasteiger partial charge in [0.25, 0.3) is 0 Å². The summed E-state index contributed by atoms with van der Waals surface area (Å²) in [5.74, 6) is 0. The maximum Gasteiger partial charge on any atom is 0.398 e. The van der Waals surface area contributed by atoms with Crippen molar-refractivity contribution >= 4 is 11.8 Å². The second kappa shape index (κ2) is 3.46. The Morgan fingerprint density at radius 2 is 1.75 bits per heavy atom. The van der Waals surface area contributed by atoms with Crippen LogP contribution >= 0.6 is 0 Å². The number of nitrogens with zero attached hydrogens (tertiary/aromatic N) is 1. The van der Waals surface area contributed by atoms with Gasteiger partial charge < -0.3 is 0 Å². The summed E-state index contributed by atoms with van der Waals surface area (Å²) in [6.07, 6.45) is -2.60. The highest BCUT2D eigenvalue weighted by atomic mass is 19.4. The Morgan fingerprint density at radius 1 is 1.19 bits per heavy atom. The summed E-state index contributed by atoms with van der Waals surface area (Å²) in [5, 5.41) is 0. The molecule has 0 saturated heterocycles. The van der Waals surface area contributed by atoms with Gasteiger partial charge in [0.15, 0.2) is 0 Å². The SMILES string of the molecule is O=C=Nc1ccc(C2(C(F)(F)F)CC2)cc1. The molecule has 0 radical (unpaired) electrons. The van der Waals surface area contributed by atoms with Crippen LogP contribution in [0.4, 0.5) is 18.9 Å². The summed E-state index contributed by atoms with van der Waals surface area (Å²) in [4.78, 5) is 13.3. The number of hydrogen-bond donors (Lipinski definition) is 0. The molecule has 2 nitrogen and oxygen atoms in total. The number of hydrogen-bond acceptors (Lipinski definition) is 2. The molecule has 0 aromatic heterocycles. The summed E-state index contributed by atoms with van der Waals surface area (Å²) in [7, 11) is 0. The summed E-state index contributed by atoms with van der Waals surface area (Å²) >= 11 is 0. The van der Waals surface area contributed by atoms with E-state index in [9.17, 15) is 18.0 Å². The van der Waals surface area contributed by atoms with E-state index in [-0.39, 0.29) is 18.4 Å². The lowest BCUT2D eigenvalue weighted by Gasteiger charge is -2.19. The molecule has 0 atom stereocenters. The highest BCUT2D eigenvalue weighted by Crippen LogP contribution is 2.58. The van der Waals surface area contributed by atoms with Crippen molar-refractivity contribution in [2.75, 3.05) is 0 Å². The van der Waals surface area contributed by atoms with Crippen LogP contribution in [0.2, 0.25) is 0 Å². The van der Waals surface area contributed by atoms with Crippen molar-refractivity contribution in [3.8, 4) is 0 Å². The molecule has 84 valence electrons. The molecule has 16 heavy (non-hydrogen) atoms. The van der Waals surface area contributed by atoms with Gasteiger partial charge in [0, 0.05) is 0 Å². The average Bonchev–Trinajstić information content (AvgIpc) is 2.99. The third-order valence-electron chi connectivity index (χ3n) is 2.89. The lowest BCUT2D eigenvalue weighted by Crippen LogP contribution is -2.28. The normalized spacial score (nSPS) is 17.7. The fourth-order valence-corrected chi connectivity index (χ4v) is 1.77. The molecule has 1 aliphatic rings. The van der Waals surface area contributed by atoms with E-state index in [1.54, 1.807) is 0 Å². The molecule has 1 aromatic rings. The first kappa shape index (κ1) is 10.9. The highest BCUT2D eigenvalue weighted by molar-refractivity contribution is 5.50. The van der Waals surface area contributed by atoms with E-state index >= 15 is 0 Å². The third-order valence-corrected chi connectivity index (χ3v) is 2.89. The molecule has 1 fully saturated rings. The van der Waals surface area contributed by atoms with Gasteiger partial charge in [0.2, 0.25) is 6.08 Å². The monoisotopic (exact) mass is 227 g/mol. The second-order valence-corrected chi connectivity index (χ2v) is 3.83. The summed E-state index contributed by atoms with van der Waals surface area (Å²) in [6.45, 7) is 0. The van der Waals surface area contributed by atoms with Crippen molar-refractivity contribution in [2.24, 2.45) is 4.99 Å². The van der Waals surface area contributed by atoms with Gasteiger partial charge in [-0.25, -0.2) is 4.79 Å². The zero-order valence-electron chi connectivity index (χ0n) is 8.21. The van der Waals surface area contributed by atoms with Crippen LogP contribution in [0.5, 0.6) is 0 Å². The molecule has 2 rings (SSSR count). The van der Waals surface area contributed by atoms with Gasteiger partial charge in [-0.1, -0.05) is 12.1 Å². The zero-order chi connectivity index (χ0) is 11.8. The summed E-state index contributed by atoms with van der Waals surface area (Å²) in [6, 6.07) is 5.53. The topological polar surface area (TPSA) is 29.4 Å². The maximum absolute atomic E-state index is 12.7. The van der Waals surface area contributed by atoms with Crippen LogP contribution in [0.1, 0.15) is 18.4 Å². The van der Waals surface area contributed by atoms with Crippen LogP contribution in [0.3, 0.4) is 0 Å². The standard InChI is InChI=1S/C11H8F3NO/c12-11(13,14)10(5-6-10)8-1-3-9(4-2-8)15-7-16/h1-4H,5-6H2. The van der Waals surface area contributed by atoms with Crippen molar-refractivity contribution in [2.45, 2.75) is 24.4 Å². The summed E-state index contributed by atoms with van der Waals surface area (Å²) < 4.78 is 38.2. The maximum atomic E-state index is 12.7. The number of aliphatic imine (C=N–C) groups is 1. The minimum atomic E-state index is -4.21. The molecule has 0 bridgehead atoms. The van der Waals surface area contributed by atoms with Crippen LogP contribution in [0.25, 0.3) is 0 Å². The van der Waals surface area contributed by atoms with E-state index in [1.165, 1.54) is 30.3 Å². The van der Waals surface area contributed by atoms with Crippen LogP contribution in [0.15, 0.2) is 29.3 Å². The Labute approximate surface area is 89.8 Å². The third kappa shape index (κ3) is 1.63. The molecular formula is C11H8F3NO. The minimum Gasteiger partial charge on any atom is -0.211 e. The fourth-order valence-electron chi connectivity index (χ4n) is 1.77. The van der Waals surface area contributed by atoms with E-state index < -0.39 is 11.6 Å². The van der Waals surface area contributed by atoms with E-state index in [2.05, 4.69) is 4.99 Å². The fraction of sp³-hybridized carbons (Fsp3) is 0.364. The van der Waals surface area contributed by atoms with Crippen molar-refractivity contribution in [1.82, 2.24) is 0 Å². The molecule has 5 heteroatoms. The first-order chi connectivity index (χ1) is 7.49. The van der Waals surface area contributed by atoms with Crippen LogP contribution in [0, 0.1) is 0 Å². The number of halogens is 3. The molecule has 1 saturated carbocycles. The van der Waals surface area contributed by atoms with Gasteiger partial charge >= 0.3 is 6.18 Å². The molecular weight excluding hydrogens is 219 g/mol. The van der Waals surface area contributed by atoms with E-state index in [0.29, 0.717) is 5.69 Å². The quantitative estimate of drug-likeness (QED) is 0.563. The molecule has 0 amide bonds. The number of rotatable bonds is 2. The minimum absolute atomic E-state index is 0.132. The Balaban J connectivity index is 2.32. The Kier molecular flexibility index (Phi) is 2.35. The van der Waals surface area contributed by atoms with Gasteiger partial charge in [0.05, 0.1) is 11.1 Å². The largest absolute Gasteiger partial charge is 0.398 e. The lowest BCUT2D eigenvalue weighted by molar-refractivity contribution is -0.160. The highest BCUT2D eigenvalue weighted by Gasteiger charge is 2.64. The van der Waals surface area contributed by atoms with Gasteiger partial charge in [0.1, 0.15) is 0 Å². The molecule has 0 heterocycles. The van der Waals surface area contributed by atoms with Gasteiger partial charge in [-0.15, -0.1) is 0 Å². The van der Waals surface area contributed by atoms with Gasteiger partial charge in [-0.2, -0.15) is 18.2 Å². The molecule has 1 aromatic carbocycles. The first-order valence-corrected chi connectivity index (χ1v) is 4.75. The van der Waals surface area contributed by atoms with Crippen molar-refractivity contribution < 1.29 is 18.0 Å². The molecule has 0 aliphatic heterocycles. The van der Waals surface area contributed by atoms with Crippen LogP contribution in [-0.4, -0.2) is 12.3 Å². The number of benzene rings is 1. The van der Waals surface area contributed by atoms with E-state index in [0.717, 1.165) is 0 Å². The van der Waals surface area contributed by atoms with Crippen LogP contribution < -0.4 is 0 Å². The number of isocyanates is 1. The molecule has 0 N–H and O–H groups in total. The van der Waals surface area contributed by atoms with Crippen molar-refractivity contribution in [3.05, 3.63) is 29.8 Å². The summed E-state index contributed by atoms with van der Waals surface area (Å²) in [5.41, 5.74) is -1.11. The van der Waals surface area contributed by atoms with E-state index in [1.807, 2.05) is 0 Å². The molecule has 0 unspecified atom stereocenters. The Bertz CT molecular complexity index is 439. The van der Waals surface area contributed by atoms with Crippen LogP contribution in [-0.2, 0) is 10.2 Å². The predicted octanol–water partition coefficient (Wildman–Crippen LogP) is 3.25. The number of alkyl halides is 3. The lowest BCUT2D eigenvalue weighted by atomic mass is 9.95. The van der Waals surface area contributed by atoms with Crippen molar-refractivity contribution in [1.29, 1.82) is 0 Å². The zero-order valence-corrected chi connectivity index (χ0v) is 8.21. The predicted molar refractivity (Wildman–Crippen MR) is 51.2 cm³/mol. The smallest absolute Gasteiger partial charge is 0.211 e. The average molecular weight is 227 g/mol. The Morgan fingerprint density at radius 3 is 2.12 bits per heavy atom.